The highest BCUT2D eigenvalue weighted by Gasteiger charge is 2.59. The van der Waals surface area contributed by atoms with Crippen molar-refractivity contribution in [1.29, 1.82) is 0 Å². The van der Waals surface area contributed by atoms with Crippen LogP contribution in [0.25, 0.3) is 0 Å². The Morgan fingerprint density at radius 3 is 2.83 bits per heavy atom. The second-order valence-electron chi connectivity index (χ2n) is 9.02. The van der Waals surface area contributed by atoms with Gasteiger partial charge in [-0.2, -0.15) is 0 Å². The predicted octanol–water partition coefficient (Wildman–Crippen LogP) is 5.44. The molecule has 0 N–H and O–H groups in total. The first-order valence-electron chi connectivity index (χ1n) is 10.1. The van der Waals surface area contributed by atoms with E-state index in [0.717, 1.165) is 30.6 Å². The zero-order chi connectivity index (χ0) is 16.9. The van der Waals surface area contributed by atoms with Crippen LogP contribution in [-0.2, 0) is 9.53 Å². The molecule has 132 valence electrons. The monoisotopic (exact) mass is 328 g/mol. The van der Waals surface area contributed by atoms with Crippen LogP contribution in [0.2, 0.25) is 0 Å². The number of fused-ring (bicyclic) bond motifs is 5. The topological polar surface area (TPSA) is 26.3 Å². The fourth-order valence-electron chi connectivity index (χ4n) is 6.73. The van der Waals surface area contributed by atoms with Gasteiger partial charge in [0.15, 0.2) is 0 Å². The summed E-state index contributed by atoms with van der Waals surface area (Å²) in [6, 6.07) is 0. The van der Waals surface area contributed by atoms with Crippen molar-refractivity contribution in [2.45, 2.75) is 78.2 Å². The van der Waals surface area contributed by atoms with E-state index in [1.54, 1.807) is 5.57 Å². The number of hydrogen-bond donors (Lipinski definition) is 0. The van der Waals surface area contributed by atoms with E-state index in [1.165, 1.54) is 32.1 Å². The Bertz CT molecular complexity index is 589. The minimum absolute atomic E-state index is 0.0139. The average Bonchev–Trinajstić information content (AvgIpc) is 2.91. The van der Waals surface area contributed by atoms with Crippen molar-refractivity contribution in [3.63, 3.8) is 0 Å². The fourth-order valence-corrected chi connectivity index (χ4v) is 6.73. The van der Waals surface area contributed by atoms with Crippen molar-refractivity contribution < 1.29 is 9.53 Å². The second kappa shape index (κ2) is 5.75. The highest BCUT2D eigenvalue weighted by Crippen LogP contribution is 2.64. The first kappa shape index (κ1) is 16.4. The molecule has 24 heavy (non-hydrogen) atoms. The molecule has 0 aromatic carbocycles. The zero-order valence-corrected chi connectivity index (χ0v) is 15.5. The first-order chi connectivity index (χ1) is 11.5. The molecular formula is C22H32O2. The van der Waals surface area contributed by atoms with E-state index >= 15 is 0 Å². The second-order valence-corrected chi connectivity index (χ2v) is 9.02. The summed E-state index contributed by atoms with van der Waals surface area (Å²) in [7, 11) is 0. The molecule has 0 unspecified atom stereocenters. The van der Waals surface area contributed by atoms with Crippen molar-refractivity contribution in [2.75, 3.05) is 0 Å². The molecule has 4 rings (SSSR count). The van der Waals surface area contributed by atoms with Crippen LogP contribution >= 0.6 is 0 Å². The van der Waals surface area contributed by atoms with Crippen LogP contribution in [0.4, 0.5) is 0 Å². The largest absolute Gasteiger partial charge is 0.462 e. The van der Waals surface area contributed by atoms with Gasteiger partial charge in [0, 0.05) is 17.3 Å². The first-order valence-corrected chi connectivity index (χ1v) is 10.1. The van der Waals surface area contributed by atoms with E-state index in [2.05, 4.69) is 32.1 Å². The minimum Gasteiger partial charge on any atom is -0.462 e. The van der Waals surface area contributed by atoms with E-state index in [4.69, 9.17) is 4.74 Å². The summed E-state index contributed by atoms with van der Waals surface area (Å²) in [5, 5.41) is 0. The molecule has 0 heterocycles. The van der Waals surface area contributed by atoms with Gasteiger partial charge in [0.1, 0.15) is 6.10 Å². The summed E-state index contributed by atoms with van der Waals surface area (Å²) in [6.07, 6.45) is 16.6. The van der Waals surface area contributed by atoms with Crippen LogP contribution in [0, 0.1) is 28.6 Å². The van der Waals surface area contributed by atoms with Crippen LogP contribution < -0.4 is 0 Å². The highest BCUT2D eigenvalue weighted by molar-refractivity contribution is 5.69. The number of carbonyl (C=O) groups is 1. The molecule has 0 spiro atoms. The molecule has 0 radical (unpaired) electrons. The summed E-state index contributed by atoms with van der Waals surface area (Å²) in [5.41, 5.74) is 2.20. The molecule has 0 aromatic rings. The Kier molecular flexibility index (Phi) is 3.93. The van der Waals surface area contributed by atoms with Gasteiger partial charge in [-0.15, -0.1) is 0 Å². The highest BCUT2D eigenvalue weighted by atomic mass is 16.5. The van der Waals surface area contributed by atoms with Crippen molar-refractivity contribution in [1.82, 2.24) is 0 Å². The Balaban J connectivity index is 1.59. The standard InChI is InChI=1S/C22H32O2/c1-4-20(23)24-19-11-10-17-16-9-8-15-7-5-6-13-21(15,2)18(16)12-14-22(17,19)3/h6-7,13,16-19H,4-5,8-12,14H2,1-3H3/t16-,17-,18-,19+,21-,22-/m0/s1. The fraction of sp³-hybridized carbons (Fsp3) is 0.773. The number of carbonyl (C=O) groups excluding carboxylic acids is 1. The van der Waals surface area contributed by atoms with Gasteiger partial charge >= 0.3 is 5.97 Å². The van der Waals surface area contributed by atoms with E-state index in [-0.39, 0.29) is 17.5 Å². The molecule has 4 aliphatic rings. The van der Waals surface area contributed by atoms with Gasteiger partial charge in [0.25, 0.3) is 0 Å². The third kappa shape index (κ3) is 2.24. The zero-order valence-electron chi connectivity index (χ0n) is 15.5. The van der Waals surface area contributed by atoms with Gasteiger partial charge in [-0.25, -0.2) is 0 Å². The molecule has 4 aliphatic carbocycles. The predicted molar refractivity (Wildman–Crippen MR) is 96.4 cm³/mol. The van der Waals surface area contributed by atoms with Gasteiger partial charge < -0.3 is 4.74 Å². The van der Waals surface area contributed by atoms with Gasteiger partial charge in [-0.1, -0.05) is 44.6 Å². The van der Waals surface area contributed by atoms with Crippen LogP contribution in [0.1, 0.15) is 72.1 Å². The SMILES string of the molecule is CCC(=O)O[C@@H]1CC[C@H]2[C@@H]3CCC4=CCC=C[C@]4(C)[C@H]3CC[C@]12C. The summed E-state index contributed by atoms with van der Waals surface area (Å²) in [4.78, 5) is 11.9. The maximum Gasteiger partial charge on any atom is 0.305 e. The van der Waals surface area contributed by atoms with Crippen molar-refractivity contribution in [3.8, 4) is 0 Å². The van der Waals surface area contributed by atoms with Crippen LogP contribution in [0.15, 0.2) is 23.8 Å². The van der Waals surface area contributed by atoms with E-state index in [1.807, 2.05) is 6.92 Å². The van der Waals surface area contributed by atoms with E-state index in [0.29, 0.717) is 11.8 Å². The molecule has 0 saturated heterocycles. The van der Waals surface area contributed by atoms with Crippen molar-refractivity contribution in [2.24, 2.45) is 28.6 Å². The maximum atomic E-state index is 11.9. The lowest BCUT2D eigenvalue weighted by atomic mass is 9.48. The molecule has 2 nitrogen and oxygen atoms in total. The number of hydrogen-bond acceptors (Lipinski definition) is 2. The molecule has 6 atom stereocenters. The lowest BCUT2D eigenvalue weighted by Crippen LogP contribution is -2.50. The summed E-state index contributed by atoms with van der Waals surface area (Å²) in [5.74, 6) is 2.31. The van der Waals surface area contributed by atoms with Gasteiger partial charge in [-0.3, -0.25) is 4.79 Å². The molecule has 0 amide bonds. The molecular weight excluding hydrogens is 296 g/mol. The minimum atomic E-state index is -0.0139. The molecule has 0 bridgehead atoms. The molecule has 0 aliphatic heterocycles. The molecule has 3 saturated carbocycles. The van der Waals surface area contributed by atoms with Crippen LogP contribution in [-0.4, -0.2) is 12.1 Å². The summed E-state index contributed by atoms with van der Waals surface area (Å²) in [6.45, 7) is 6.80. The number of rotatable bonds is 2. The summed E-state index contributed by atoms with van der Waals surface area (Å²) >= 11 is 0. The third-order valence-electron chi connectivity index (χ3n) is 8.09. The number of ether oxygens (including phenoxy) is 1. The van der Waals surface area contributed by atoms with Crippen molar-refractivity contribution >= 4 is 5.97 Å². The smallest absolute Gasteiger partial charge is 0.305 e. The Morgan fingerprint density at radius 1 is 1.21 bits per heavy atom. The number of esters is 1. The number of allylic oxidation sites excluding steroid dienone is 4. The lowest BCUT2D eigenvalue weighted by molar-refractivity contribution is -0.158. The molecule has 0 aromatic heterocycles. The van der Waals surface area contributed by atoms with Gasteiger partial charge in [0.05, 0.1) is 0 Å². The van der Waals surface area contributed by atoms with E-state index in [9.17, 15) is 4.79 Å². The summed E-state index contributed by atoms with van der Waals surface area (Å²) < 4.78 is 5.88. The molecule has 2 heteroatoms. The third-order valence-corrected chi connectivity index (χ3v) is 8.09. The average molecular weight is 328 g/mol. The Hall–Kier alpha value is -1.05. The van der Waals surface area contributed by atoms with Crippen molar-refractivity contribution in [3.05, 3.63) is 23.8 Å². The van der Waals surface area contributed by atoms with Crippen LogP contribution in [0.5, 0.6) is 0 Å². The Labute approximate surface area is 146 Å². The van der Waals surface area contributed by atoms with Gasteiger partial charge in [-0.05, 0) is 62.7 Å². The lowest BCUT2D eigenvalue weighted by Gasteiger charge is -2.56. The normalized spacial score (nSPS) is 46.5. The molecule has 3 fully saturated rings. The Morgan fingerprint density at radius 2 is 2.04 bits per heavy atom. The van der Waals surface area contributed by atoms with Gasteiger partial charge in [0.2, 0.25) is 0 Å². The van der Waals surface area contributed by atoms with E-state index < -0.39 is 0 Å². The van der Waals surface area contributed by atoms with Crippen LogP contribution in [0.3, 0.4) is 0 Å². The maximum absolute atomic E-state index is 11.9. The quantitative estimate of drug-likeness (QED) is 0.498.